The Bertz CT molecular complexity index is 1060. The lowest BCUT2D eigenvalue weighted by molar-refractivity contribution is -0.128. The van der Waals surface area contributed by atoms with Crippen LogP contribution in [-0.2, 0) is 29.0 Å². The van der Waals surface area contributed by atoms with Gasteiger partial charge in [-0.25, -0.2) is 14.6 Å². The molecule has 2 N–H and O–H groups in total. The van der Waals surface area contributed by atoms with E-state index in [4.69, 9.17) is 9.94 Å². The lowest BCUT2D eigenvalue weighted by Gasteiger charge is -2.24. The second-order valence-corrected chi connectivity index (χ2v) is 8.24. The van der Waals surface area contributed by atoms with Crippen molar-refractivity contribution in [1.29, 1.82) is 0 Å². The monoisotopic (exact) mass is 453 g/mol. The van der Waals surface area contributed by atoms with Gasteiger partial charge in [0.1, 0.15) is 11.5 Å². The molecule has 0 aliphatic carbocycles. The number of rotatable bonds is 7. The van der Waals surface area contributed by atoms with Gasteiger partial charge in [-0.2, -0.15) is 0 Å². The van der Waals surface area contributed by atoms with E-state index in [0.29, 0.717) is 17.8 Å². The van der Waals surface area contributed by atoms with Crippen LogP contribution in [0.1, 0.15) is 29.5 Å². The normalized spacial score (nSPS) is 15.1. The molecular weight excluding hydrogens is 425 g/mol. The maximum absolute atomic E-state index is 14.9. The molecule has 0 spiro atoms. The minimum Gasteiger partial charge on any atom is -0.381 e. The van der Waals surface area contributed by atoms with E-state index in [2.05, 4.69) is 15.2 Å². The lowest BCUT2D eigenvalue weighted by Crippen LogP contribution is -2.29. The van der Waals surface area contributed by atoms with Gasteiger partial charge >= 0.3 is 0 Å². The summed E-state index contributed by atoms with van der Waals surface area (Å²) >= 11 is 0. The van der Waals surface area contributed by atoms with Crippen LogP contribution in [0, 0.1) is 5.82 Å². The molecule has 2 aromatic carbocycles. The van der Waals surface area contributed by atoms with Crippen molar-refractivity contribution < 1.29 is 19.1 Å². The molecule has 3 aromatic rings. The molecular formula is C24H28FN5O3. The highest BCUT2D eigenvalue weighted by Crippen LogP contribution is 2.22. The van der Waals surface area contributed by atoms with Crippen LogP contribution >= 0.6 is 0 Å². The Hall–Kier alpha value is -3.14. The number of hydrogen-bond acceptors (Lipinski definition) is 6. The molecule has 1 fully saturated rings. The van der Waals surface area contributed by atoms with Crippen LogP contribution in [-0.4, -0.2) is 57.3 Å². The van der Waals surface area contributed by atoms with Crippen LogP contribution < -0.4 is 5.48 Å². The molecule has 9 heteroatoms. The number of carbonyl (C=O) groups is 1. The van der Waals surface area contributed by atoms with Crippen molar-refractivity contribution in [2.24, 2.45) is 0 Å². The molecule has 0 unspecified atom stereocenters. The van der Waals surface area contributed by atoms with Crippen LogP contribution in [0.2, 0.25) is 0 Å². The summed E-state index contributed by atoms with van der Waals surface area (Å²) in [5, 5.41) is 16.9. The molecule has 1 aliphatic heterocycles. The van der Waals surface area contributed by atoms with Gasteiger partial charge in [0.05, 0.1) is 19.2 Å². The Balaban J connectivity index is 1.39. The third-order valence-electron chi connectivity index (χ3n) is 5.64. The standard InChI is InChI=1S/C24H28FN5O3/c25-22-13-20(15-29-9-1-11-33-12-2-10-29)7-8-21(22)23-17-30(28-26-23)16-19-5-3-18(4-6-19)14-24(31)27-32/h3-8,13,17,32H,1-2,9-12,14-16H2,(H,27,31). The fourth-order valence-corrected chi connectivity index (χ4v) is 3.95. The molecule has 4 rings (SSSR count). The average Bonchev–Trinajstić information content (AvgIpc) is 3.25. The lowest BCUT2D eigenvalue weighted by atomic mass is 10.1. The maximum atomic E-state index is 14.9. The first-order valence-corrected chi connectivity index (χ1v) is 11.1. The van der Waals surface area contributed by atoms with Crippen molar-refractivity contribution >= 4 is 5.91 Å². The second kappa shape index (κ2) is 11.1. The highest BCUT2D eigenvalue weighted by Gasteiger charge is 2.13. The Morgan fingerprint density at radius 1 is 1.03 bits per heavy atom. The first kappa shape index (κ1) is 23.0. The first-order valence-electron chi connectivity index (χ1n) is 11.1. The zero-order chi connectivity index (χ0) is 23.0. The minimum atomic E-state index is -0.465. The summed E-state index contributed by atoms with van der Waals surface area (Å²) in [6.07, 6.45) is 3.81. The Morgan fingerprint density at radius 3 is 2.42 bits per heavy atom. The molecule has 2 heterocycles. The zero-order valence-electron chi connectivity index (χ0n) is 18.4. The van der Waals surface area contributed by atoms with Gasteiger partial charge in [-0.3, -0.25) is 14.9 Å². The van der Waals surface area contributed by atoms with Gasteiger partial charge in [-0.1, -0.05) is 35.5 Å². The largest absolute Gasteiger partial charge is 0.381 e. The van der Waals surface area contributed by atoms with E-state index < -0.39 is 5.91 Å². The fourth-order valence-electron chi connectivity index (χ4n) is 3.95. The highest BCUT2D eigenvalue weighted by molar-refractivity contribution is 5.77. The summed E-state index contributed by atoms with van der Waals surface area (Å²) < 4.78 is 22.0. The summed E-state index contributed by atoms with van der Waals surface area (Å²) in [5.41, 5.74) is 5.23. The van der Waals surface area contributed by atoms with Crippen molar-refractivity contribution in [3.8, 4) is 11.3 Å². The minimum absolute atomic E-state index is 0.103. The number of amides is 1. The number of ether oxygens (including phenoxy) is 1. The molecule has 0 atom stereocenters. The number of aromatic nitrogens is 3. The molecule has 1 aromatic heterocycles. The van der Waals surface area contributed by atoms with E-state index >= 15 is 0 Å². The molecule has 1 saturated heterocycles. The predicted molar refractivity (Wildman–Crippen MR) is 120 cm³/mol. The number of hydroxylamine groups is 1. The molecule has 33 heavy (non-hydrogen) atoms. The molecule has 0 saturated carbocycles. The van der Waals surface area contributed by atoms with Gasteiger partial charge in [-0.05, 0) is 41.7 Å². The summed E-state index contributed by atoms with van der Waals surface area (Å²) in [7, 11) is 0. The van der Waals surface area contributed by atoms with Crippen LogP contribution in [0.3, 0.4) is 0 Å². The quantitative estimate of drug-likeness (QED) is 0.422. The van der Waals surface area contributed by atoms with E-state index in [1.54, 1.807) is 28.5 Å². The van der Waals surface area contributed by atoms with E-state index in [9.17, 15) is 9.18 Å². The number of hydrogen-bond donors (Lipinski definition) is 2. The van der Waals surface area contributed by atoms with Gasteiger partial charge in [-0.15, -0.1) is 5.10 Å². The molecule has 1 aliphatic rings. The van der Waals surface area contributed by atoms with Gasteiger partial charge in [0.25, 0.3) is 0 Å². The third kappa shape index (κ3) is 6.44. The smallest absolute Gasteiger partial charge is 0.247 e. The Morgan fingerprint density at radius 2 is 1.73 bits per heavy atom. The van der Waals surface area contributed by atoms with Crippen molar-refractivity contribution in [1.82, 2.24) is 25.4 Å². The summed E-state index contributed by atoms with van der Waals surface area (Å²) in [4.78, 5) is 13.6. The van der Waals surface area contributed by atoms with E-state index in [0.717, 1.165) is 62.4 Å². The average molecular weight is 454 g/mol. The Kier molecular flexibility index (Phi) is 7.77. The SMILES string of the molecule is O=C(Cc1ccc(Cn2cc(-c3ccc(CN4CCCOCCC4)cc3F)nn2)cc1)NO. The van der Waals surface area contributed by atoms with Crippen LogP contribution in [0.4, 0.5) is 4.39 Å². The summed E-state index contributed by atoms with van der Waals surface area (Å²) in [5.74, 6) is -0.769. The van der Waals surface area contributed by atoms with Gasteiger partial charge in [0.15, 0.2) is 0 Å². The topological polar surface area (TPSA) is 92.5 Å². The highest BCUT2D eigenvalue weighted by atomic mass is 19.1. The number of benzene rings is 2. The molecule has 0 bridgehead atoms. The number of carbonyl (C=O) groups excluding carboxylic acids is 1. The van der Waals surface area contributed by atoms with Crippen LogP contribution in [0.25, 0.3) is 11.3 Å². The van der Waals surface area contributed by atoms with Crippen molar-refractivity contribution in [3.05, 3.63) is 71.2 Å². The second-order valence-electron chi connectivity index (χ2n) is 8.24. The van der Waals surface area contributed by atoms with Crippen molar-refractivity contribution in [2.45, 2.75) is 32.4 Å². The van der Waals surface area contributed by atoms with Gasteiger partial charge in [0.2, 0.25) is 5.91 Å². The van der Waals surface area contributed by atoms with Gasteiger partial charge in [0, 0.05) is 38.4 Å². The van der Waals surface area contributed by atoms with Crippen molar-refractivity contribution in [2.75, 3.05) is 26.3 Å². The van der Waals surface area contributed by atoms with E-state index in [1.165, 1.54) is 0 Å². The number of nitrogens with one attached hydrogen (secondary N) is 1. The van der Waals surface area contributed by atoms with Crippen molar-refractivity contribution in [3.63, 3.8) is 0 Å². The fraction of sp³-hybridized carbons (Fsp3) is 0.375. The third-order valence-corrected chi connectivity index (χ3v) is 5.64. The molecule has 174 valence electrons. The molecule has 8 nitrogen and oxygen atoms in total. The Labute approximate surface area is 191 Å². The predicted octanol–water partition coefficient (Wildman–Crippen LogP) is 2.79. The first-order chi connectivity index (χ1) is 16.1. The maximum Gasteiger partial charge on any atom is 0.247 e. The zero-order valence-corrected chi connectivity index (χ0v) is 18.4. The van der Waals surface area contributed by atoms with Gasteiger partial charge < -0.3 is 4.74 Å². The van der Waals surface area contributed by atoms with Crippen LogP contribution in [0.5, 0.6) is 0 Å². The molecule has 1 amide bonds. The van der Waals surface area contributed by atoms with Crippen LogP contribution in [0.15, 0.2) is 48.7 Å². The number of halogens is 1. The number of nitrogens with zero attached hydrogens (tertiary/aromatic N) is 4. The van der Waals surface area contributed by atoms with E-state index in [-0.39, 0.29) is 12.2 Å². The summed E-state index contributed by atoms with van der Waals surface area (Å²) in [6.45, 7) is 4.66. The molecule has 0 radical (unpaired) electrons. The van der Waals surface area contributed by atoms with E-state index in [1.807, 2.05) is 30.3 Å². The summed E-state index contributed by atoms with van der Waals surface area (Å²) in [6, 6.07) is 12.7.